The Balaban J connectivity index is 2.02. The van der Waals surface area contributed by atoms with Crippen molar-refractivity contribution < 1.29 is 22.8 Å². The normalized spacial score (nSPS) is 12.5. The number of carbonyl (C=O) groups excluding carboxylic acids is 2. The largest absolute Gasteiger partial charge is 0.416 e. The number of hydrogen-bond donors (Lipinski definition) is 2. The summed E-state index contributed by atoms with van der Waals surface area (Å²) in [5.41, 5.74) is 5.61. The number of alkyl halides is 3. The molecule has 0 aliphatic carbocycles. The van der Waals surface area contributed by atoms with Gasteiger partial charge in [-0.1, -0.05) is 18.2 Å². The number of carbonyl (C=O) groups is 2. The number of amides is 2. The Kier molecular flexibility index (Phi) is 6.36. The Morgan fingerprint density at radius 3 is 2.38 bits per heavy atom. The summed E-state index contributed by atoms with van der Waals surface area (Å²) >= 11 is 3.25. The van der Waals surface area contributed by atoms with Crippen LogP contribution in [0, 0.1) is 0 Å². The van der Waals surface area contributed by atoms with Crippen molar-refractivity contribution in [1.82, 2.24) is 10.3 Å². The summed E-state index contributed by atoms with van der Waals surface area (Å²) in [6, 6.07) is 6.70. The van der Waals surface area contributed by atoms with Crippen molar-refractivity contribution in [2.24, 2.45) is 5.73 Å². The van der Waals surface area contributed by atoms with Gasteiger partial charge in [-0.2, -0.15) is 13.2 Å². The quantitative estimate of drug-likeness (QED) is 0.692. The lowest BCUT2D eigenvalue weighted by Gasteiger charge is -2.16. The molecule has 0 radical (unpaired) electrons. The van der Waals surface area contributed by atoms with Gasteiger partial charge < -0.3 is 11.1 Å². The molecule has 138 valence electrons. The molecule has 1 heterocycles. The van der Waals surface area contributed by atoms with Crippen LogP contribution in [0.2, 0.25) is 0 Å². The first-order valence-corrected chi connectivity index (χ1v) is 8.30. The van der Waals surface area contributed by atoms with Crippen LogP contribution in [0.1, 0.15) is 16.7 Å². The van der Waals surface area contributed by atoms with E-state index in [4.69, 9.17) is 5.73 Å². The first-order chi connectivity index (χ1) is 12.2. The summed E-state index contributed by atoms with van der Waals surface area (Å²) in [6.45, 7) is 0. The maximum absolute atomic E-state index is 12.5. The molecule has 26 heavy (non-hydrogen) atoms. The van der Waals surface area contributed by atoms with Gasteiger partial charge in [-0.25, -0.2) is 4.98 Å². The SMILES string of the molecule is NC(=O)[C@@H](Cc1cccnc1Br)NC(=O)Cc1ccc(C(F)(F)F)cc1. The summed E-state index contributed by atoms with van der Waals surface area (Å²) in [7, 11) is 0. The molecule has 9 heteroatoms. The number of nitrogens with one attached hydrogen (secondary N) is 1. The Labute approximate surface area is 155 Å². The second kappa shape index (κ2) is 8.31. The van der Waals surface area contributed by atoms with Crippen molar-refractivity contribution in [3.8, 4) is 0 Å². The molecule has 2 amide bonds. The minimum atomic E-state index is -4.44. The standard InChI is InChI=1S/C17H15BrF3N3O2/c18-15-11(2-1-7-23-15)9-13(16(22)26)24-14(25)8-10-3-5-12(6-4-10)17(19,20)21/h1-7,13H,8-9H2,(H2,22,26)(H,24,25)/t13-/m1/s1. The fourth-order valence-corrected chi connectivity index (χ4v) is 2.67. The first kappa shape index (κ1) is 19.9. The number of pyridine rings is 1. The number of rotatable bonds is 6. The van der Waals surface area contributed by atoms with E-state index in [1.165, 1.54) is 12.1 Å². The Morgan fingerprint density at radius 1 is 1.19 bits per heavy atom. The zero-order valence-electron chi connectivity index (χ0n) is 13.4. The summed E-state index contributed by atoms with van der Waals surface area (Å²) in [5, 5.41) is 2.50. The highest BCUT2D eigenvalue weighted by Gasteiger charge is 2.30. The minimum Gasteiger partial charge on any atom is -0.368 e. The van der Waals surface area contributed by atoms with Crippen LogP contribution in [0.4, 0.5) is 13.2 Å². The number of primary amides is 1. The molecule has 1 atom stereocenters. The van der Waals surface area contributed by atoms with E-state index in [2.05, 4.69) is 26.2 Å². The molecule has 2 rings (SSSR count). The number of hydrogen-bond acceptors (Lipinski definition) is 3. The topological polar surface area (TPSA) is 85.1 Å². The van der Waals surface area contributed by atoms with Gasteiger partial charge in [0.1, 0.15) is 10.6 Å². The number of nitrogens with zero attached hydrogens (tertiary/aromatic N) is 1. The van der Waals surface area contributed by atoms with Gasteiger partial charge in [0.25, 0.3) is 0 Å². The van der Waals surface area contributed by atoms with Gasteiger partial charge in [-0.05, 0) is 45.3 Å². The Morgan fingerprint density at radius 2 is 1.85 bits per heavy atom. The van der Waals surface area contributed by atoms with Crippen LogP contribution in [0.5, 0.6) is 0 Å². The molecule has 1 aromatic heterocycles. The van der Waals surface area contributed by atoms with Crippen molar-refractivity contribution >= 4 is 27.7 Å². The highest BCUT2D eigenvalue weighted by molar-refractivity contribution is 9.10. The summed E-state index contributed by atoms with van der Waals surface area (Å²) in [5.74, 6) is -1.24. The second-order valence-corrected chi connectivity index (χ2v) is 6.30. The monoisotopic (exact) mass is 429 g/mol. The molecule has 0 aliphatic heterocycles. The van der Waals surface area contributed by atoms with Crippen LogP contribution in [-0.2, 0) is 28.6 Å². The zero-order chi connectivity index (χ0) is 19.3. The average Bonchev–Trinajstić information content (AvgIpc) is 2.55. The Hall–Kier alpha value is -2.42. The van der Waals surface area contributed by atoms with Crippen LogP contribution in [0.3, 0.4) is 0 Å². The number of aromatic nitrogens is 1. The van der Waals surface area contributed by atoms with E-state index >= 15 is 0 Å². The minimum absolute atomic E-state index is 0.141. The van der Waals surface area contributed by atoms with E-state index in [1.807, 2.05) is 0 Å². The first-order valence-electron chi connectivity index (χ1n) is 7.51. The molecule has 3 N–H and O–H groups in total. The summed E-state index contributed by atoms with van der Waals surface area (Å²) in [4.78, 5) is 27.7. The maximum atomic E-state index is 12.5. The third kappa shape index (κ3) is 5.55. The van der Waals surface area contributed by atoms with Gasteiger partial charge >= 0.3 is 6.18 Å². The predicted molar refractivity (Wildman–Crippen MR) is 91.9 cm³/mol. The molecule has 5 nitrogen and oxygen atoms in total. The van der Waals surface area contributed by atoms with Crippen molar-refractivity contribution in [2.75, 3.05) is 0 Å². The number of halogens is 4. The predicted octanol–water partition coefficient (Wildman–Crippen LogP) is 2.62. The van der Waals surface area contributed by atoms with Crippen LogP contribution < -0.4 is 11.1 Å². The molecule has 0 unspecified atom stereocenters. The lowest BCUT2D eigenvalue weighted by molar-refractivity contribution is -0.137. The second-order valence-electron chi connectivity index (χ2n) is 5.55. The smallest absolute Gasteiger partial charge is 0.368 e. The van der Waals surface area contributed by atoms with Crippen LogP contribution in [0.25, 0.3) is 0 Å². The molecule has 0 fully saturated rings. The van der Waals surface area contributed by atoms with Crippen molar-refractivity contribution in [3.05, 3.63) is 63.9 Å². The highest BCUT2D eigenvalue weighted by atomic mass is 79.9. The van der Waals surface area contributed by atoms with Crippen molar-refractivity contribution in [3.63, 3.8) is 0 Å². The Bertz CT molecular complexity index is 795. The van der Waals surface area contributed by atoms with E-state index < -0.39 is 29.6 Å². The van der Waals surface area contributed by atoms with Gasteiger partial charge in [0.15, 0.2) is 0 Å². The number of benzene rings is 1. The van der Waals surface area contributed by atoms with E-state index in [0.29, 0.717) is 15.7 Å². The molecule has 1 aromatic carbocycles. The van der Waals surface area contributed by atoms with Crippen molar-refractivity contribution in [1.29, 1.82) is 0 Å². The lowest BCUT2D eigenvalue weighted by Crippen LogP contribution is -2.46. The van der Waals surface area contributed by atoms with Gasteiger partial charge in [0.05, 0.1) is 12.0 Å². The molecular weight excluding hydrogens is 415 g/mol. The maximum Gasteiger partial charge on any atom is 0.416 e. The molecule has 0 spiro atoms. The summed E-state index contributed by atoms with van der Waals surface area (Å²) < 4.78 is 38.2. The summed E-state index contributed by atoms with van der Waals surface area (Å²) in [6.07, 6.45) is -2.90. The van der Waals surface area contributed by atoms with Crippen LogP contribution >= 0.6 is 15.9 Å². The van der Waals surface area contributed by atoms with E-state index in [1.54, 1.807) is 18.3 Å². The third-order valence-corrected chi connectivity index (χ3v) is 4.30. The van der Waals surface area contributed by atoms with Crippen LogP contribution in [-0.4, -0.2) is 22.8 Å². The van der Waals surface area contributed by atoms with E-state index in [9.17, 15) is 22.8 Å². The van der Waals surface area contributed by atoms with E-state index in [-0.39, 0.29) is 12.8 Å². The van der Waals surface area contributed by atoms with Crippen LogP contribution in [0.15, 0.2) is 47.2 Å². The van der Waals surface area contributed by atoms with Gasteiger partial charge in [0.2, 0.25) is 11.8 Å². The molecule has 0 aliphatic rings. The average molecular weight is 430 g/mol. The fourth-order valence-electron chi connectivity index (χ4n) is 2.26. The third-order valence-electron chi connectivity index (χ3n) is 3.58. The molecular formula is C17H15BrF3N3O2. The van der Waals surface area contributed by atoms with Crippen molar-refractivity contribution in [2.45, 2.75) is 25.1 Å². The van der Waals surface area contributed by atoms with E-state index in [0.717, 1.165) is 12.1 Å². The highest BCUT2D eigenvalue weighted by Crippen LogP contribution is 2.29. The van der Waals surface area contributed by atoms with Gasteiger partial charge in [-0.3, -0.25) is 9.59 Å². The fraction of sp³-hybridized carbons (Fsp3) is 0.235. The molecule has 0 saturated carbocycles. The lowest BCUT2D eigenvalue weighted by atomic mass is 10.1. The van der Waals surface area contributed by atoms with Gasteiger partial charge in [0, 0.05) is 12.6 Å². The molecule has 2 aromatic rings. The zero-order valence-corrected chi connectivity index (χ0v) is 15.0. The van der Waals surface area contributed by atoms with Gasteiger partial charge in [-0.15, -0.1) is 0 Å². The number of nitrogens with two attached hydrogens (primary N) is 1. The molecule has 0 bridgehead atoms. The molecule has 0 saturated heterocycles.